The van der Waals surface area contributed by atoms with Crippen LogP contribution in [-0.4, -0.2) is 35.0 Å². The number of halogens is 1. The summed E-state index contributed by atoms with van der Waals surface area (Å²) in [4.78, 5) is 39.2. The second kappa shape index (κ2) is 8.63. The third-order valence-electron chi connectivity index (χ3n) is 5.64. The normalized spacial score (nSPS) is 17.6. The number of carboxylic acid groups (broad SMARTS) is 1. The fourth-order valence-corrected chi connectivity index (χ4v) is 4.13. The molecule has 0 aromatic heterocycles. The first-order valence-corrected chi connectivity index (χ1v) is 9.96. The lowest BCUT2D eigenvalue weighted by Gasteiger charge is -2.41. The number of hydrogen-bond acceptors (Lipinski definition) is 4. The zero-order valence-corrected chi connectivity index (χ0v) is 17.2. The summed E-state index contributed by atoms with van der Waals surface area (Å²) >= 11 is 0. The summed E-state index contributed by atoms with van der Waals surface area (Å²) < 4.78 is 18.1. The number of ether oxygens (including phenoxy) is 1. The molecule has 32 heavy (non-hydrogen) atoms. The van der Waals surface area contributed by atoms with Crippen LogP contribution in [0.15, 0.2) is 72.8 Å². The molecule has 0 bridgehead atoms. The van der Waals surface area contributed by atoms with Crippen molar-refractivity contribution in [1.29, 1.82) is 0 Å². The van der Waals surface area contributed by atoms with Gasteiger partial charge in [-0.1, -0.05) is 42.5 Å². The van der Waals surface area contributed by atoms with Crippen LogP contribution in [0.3, 0.4) is 0 Å². The Morgan fingerprint density at radius 1 is 1.00 bits per heavy atom. The summed E-state index contributed by atoms with van der Waals surface area (Å²) in [6.45, 7) is 0.0979. The first-order valence-electron chi connectivity index (χ1n) is 9.96. The second-order valence-electron chi connectivity index (χ2n) is 7.52. The molecule has 1 N–H and O–H groups in total. The van der Waals surface area contributed by atoms with Gasteiger partial charge in [0.15, 0.2) is 0 Å². The Balaban J connectivity index is 1.84. The molecule has 3 aromatic rings. The lowest BCUT2D eigenvalue weighted by Crippen LogP contribution is -2.44. The molecule has 3 aromatic carbocycles. The van der Waals surface area contributed by atoms with Gasteiger partial charge in [-0.05, 0) is 47.0 Å². The van der Waals surface area contributed by atoms with E-state index in [1.807, 2.05) is 0 Å². The maximum atomic E-state index is 13.4. The average molecular weight is 433 g/mol. The molecule has 1 heterocycles. The molecule has 0 saturated carbocycles. The number of benzene rings is 3. The van der Waals surface area contributed by atoms with E-state index >= 15 is 0 Å². The molecule has 0 fully saturated rings. The quantitative estimate of drug-likeness (QED) is 0.611. The number of hydrogen-bond donors (Lipinski definition) is 1. The van der Waals surface area contributed by atoms with E-state index in [1.165, 1.54) is 24.1 Å². The first kappa shape index (κ1) is 21.2. The number of amides is 1. The zero-order chi connectivity index (χ0) is 22.8. The van der Waals surface area contributed by atoms with E-state index in [0.717, 1.165) is 0 Å². The lowest BCUT2D eigenvalue weighted by atomic mass is 9.79. The van der Waals surface area contributed by atoms with Crippen LogP contribution in [0.4, 0.5) is 4.39 Å². The summed E-state index contributed by atoms with van der Waals surface area (Å²) in [5.74, 6) is -3.32. The third kappa shape index (κ3) is 3.85. The largest absolute Gasteiger partial charge is 0.481 e. The summed E-state index contributed by atoms with van der Waals surface area (Å²) in [5.41, 5.74) is 2.30. The predicted octanol–water partition coefficient (Wildman–Crippen LogP) is 4.18. The number of rotatable bonds is 5. The molecule has 162 valence electrons. The van der Waals surface area contributed by atoms with Crippen LogP contribution in [0.25, 0.3) is 0 Å². The van der Waals surface area contributed by atoms with Gasteiger partial charge in [-0.2, -0.15) is 0 Å². The summed E-state index contributed by atoms with van der Waals surface area (Å²) in [5, 5.41) is 10.1. The molecule has 1 aliphatic rings. The molecular weight excluding hydrogens is 413 g/mol. The van der Waals surface area contributed by atoms with Crippen molar-refractivity contribution in [2.24, 2.45) is 0 Å². The van der Waals surface area contributed by atoms with Crippen LogP contribution in [-0.2, 0) is 16.1 Å². The molecule has 0 saturated heterocycles. The van der Waals surface area contributed by atoms with Gasteiger partial charge < -0.3 is 14.7 Å². The fraction of sp³-hybridized carbons (Fsp3) is 0.160. The smallest absolute Gasteiger partial charge is 0.337 e. The minimum Gasteiger partial charge on any atom is -0.481 e. The molecule has 0 spiro atoms. The minimum atomic E-state index is -1.07. The molecule has 0 radical (unpaired) electrons. The molecule has 4 rings (SSSR count). The van der Waals surface area contributed by atoms with E-state index in [0.29, 0.717) is 27.8 Å². The second-order valence-corrected chi connectivity index (χ2v) is 7.52. The Morgan fingerprint density at radius 3 is 2.28 bits per heavy atom. The SMILES string of the molecule is COC(=O)c1ccc(C2C(C(=O)O)c3ccccc3C(=O)N2Cc2ccc(F)cc2)cc1. The molecule has 1 amide bonds. The highest BCUT2D eigenvalue weighted by molar-refractivity contribution is 6.00. The molecule has 6 nitrogen and oxygen atoms in total. The Labute approximate surface area is 183 Å². The fourth-order valence-electron chi connectivity index (χ4n) is 4.13. The molecule has 2 unspecified atom stereocenters. The van der Waals surface area contributed by atoms with Crippen molar-refractivity contribution in [2.75, 3.05) is 7.11 Å². The Hall–Kier alpha value is -4.00. The molecule has 7 heteroatoms. The van der Waals surface area contributed by atoms with E-state index in [9.17, 15) is 23.9 Å². The van der Waals surface area contributed by atoms with Crippen molar-refractivity contribution in [3.63, 3.8) is 0 Å². The Morgan fingerprint density at radius 2 is 1.66 bits per heavy atom. The van der Waals surface area contributed by atoms with E-state index in [2.05, 4.69) is 0 Å². The van der Waals surface area contributed by atoms with E-state index in [-0.39, 0.29) is 12.5 Å². The number of esters is 1. The highest BCUT2D eigenvalue weighted by Crippen LogP contribution is 2.43. The average Bonchev–Trinajstić information content (AvgIpc) is 2.81. The summed E-state index contributed by atoms with van der Waals surface area (Å²) in [6, 6.07) is 17.9. The van der Waals surface area contributed by atoms with Crippen LogP contribution in [0, 0.1) is 5.82 Å². The summed E-state index contributed by atoms with van der Waals surface area (Å²) in [6.07, 6.45) is 0. The van der Waals surface area contributed by atoms with Crippen molar-refractivity contribution in [2.45, 2.75) is 18.5 Å². The Kier molecular flexibility index (Phi) is 5.73. The highest BCUT2D eigenvalue weighted by atomic mass is 19.1. The first-order chi connectivity index (χ1) is 15.4. The molecule has 1 aliphatic heterocycles. The van der Waals surface area contributed by atoms with Crippen LogP contribution >= 0.6 is 0 Å². The van der Waals surface area contributed by atoms with Gasteiger partial charge in [-0.15, -0.1) is 0 Å². The molecular formula is C25H20FNO5. The number of carbonyl (C=O) groups excluding carboxylic acids is 2. The number of methoxy groups -OCH3 is 1. The van der Waals surface area contributed by atoms with Crippen molar-refractivity contribution < 1.29 is 28.6 Å². The minimum absolute atomic E-state index is 0.0979. The Bertz CT molecular complexity index is 1170. The van der Waals surface area contributed by atoms with Crippen LogP contribution in [0.1, 0.15) is 49.4 Å². The van der Waals surface area contributed by atoms with Gasteiger partial charge in [0.05, 0.1) is 18.7 Å². The number of aliphatic carboxylic acids is 1. The summed E-state index contributed by atoms with van der Waals surface area (Å²) in [7, 11) is 1.28. The van der Waals surface area contributed by atoms with Crippen molar-refractivity contribution in [3.05, 3.63) is 106 Å². The van der Waals surface area contributed by atoms with E-state index in [1.54, 1.807) is 60.7 Å². The van der Waals surface area contributed by atoms with E-state index < -0.39 is 29.7 Å². The van der Waals surface area contributed by atoms with Crippen LogP contribution in [0.5, 0.6) is 0 Å². The molecule has 2 atom stereocenters. The number of fused-ring (bicyclic) bond motifs is 1. The van der Waals surface area contributed by atoms with Gasteiger partial charge in [0.25, 0.3) is 5.91 Å². The number of nitrogens with zero attached hydrogens (tertiary/aromatic N) is 1. The van der Waals surface area contributed by atoms with E-state index in [4.69, 9.17) is 4.74 Å². The lowest BCUT2D eigenvalue weighted by molar-refractivity contribution is -0.140. The van der Waals surface area contributed by atoms with Gasteiger partial charge in [0, 0.05) is 12.1 Å². The van der Waals surface area contributed by atoms with Gasteiger partial charge >= 0.3 is 11.9 Å². The molecule has 0 aliphatic carbocycles. The topological polar surface area (TPSA) is 83.9 Å². The zero-order valence-electron chi connectivity index (χ0n) is 17.2. The predicted molar refractivity (Wildman–Crippen MR) is 114 cm³/mol. The van der Waals surface area contributed by atoms with Crippen molar-refractivity contribution in [3.8, 4) is 0 Å². The third-order valence-corrected chi connectivity index (χ3v) is 5.64. The van der Waals surface area contributed by atoms with Gasteiger partial charge in [0.1, 0.15) is 11.7 Å². The number of carbonyl (C=O) groups is 3. The van der Waals surface area contributed by atoms with Crippen LogP contribution in [0.2, 0.25) is 0 Å². The standard InChI is InChI=1S/C25H20FNO5/c1-32-25(31)17-10-8-16(9-11-17)22-21(24(29)30)19-4-2-3-5-20(19)23(28)27(22)14-15-6-12-18(26)13-7-15/h2-13,21-22H,14H2,1H3,(H,29,30). The van der Waals surface area contributed by atoms with Gasteiger partial charge in [0.2, 0.25) is 0 Å². The highest BCUT2D eigenvalue weighted by Gasteiger charge is 2.44. The maximum absolute atomic E-state index is 13.4. The van der Waals surface area contributed by atoms with Crippen LogP contribution < -0.4 is 0 Å². The number of carboxylic acids is 1. The van der Waals surface area contributed by atoms with Gasteiger partial charge in [-0.25, -0.2) is 9.18 Å². The maximum Gasteiger partial charge on any atom is 0.337 e. The van der Waals surface area contributed by atoms with Crippen molar-refractivity contribution in [1.82, 2.24) is 4.90 Å². The van der Waals surface area contributed by atoms with Crippen molar-refractivity contribution >= 4 is 17.8 Å². The van der Waals surface area contributed by atoms with Gasteiger partial charge in [-0.3, -0.25) is 9.59 Å². The monoisotopic (exact) mass is 433 g/mol.